The minimum Gasteiger partial charge on any atom is -0.497 e. The first-order valence-corrected chi connectivity index (χ1v) is 7.49. The SMILES string of the molecule is COc1cc(F)c(Cn2nnc3c(-c4ccco4)nc(N)nc32)c(F)c1. The quantitative estimate of drug-likeness (QED) is 0.597. The van der Waals surface area contributed by atoms with Gasteiger partial charge < -0.3 is 14.9 Å². The monoisotopic (exact) mass is 358 g/mol. The molecule has 0 saturated heterocycles. The summed E-state index contributed by atoms with van der Waals surface area (Å²) >= 11 is 0. The molecular weight excluding hydrogens is 346 g/mol. The lowest BCUT2D eigenvalue weighted by atomic mass is 10.2. The molecule has 132 valence electrons. The number of nitrogens with zero attached hydrogens (tertiary/aromatic N) is 5. The van der Waals surface area contributed by atoms with Gasteiger partial charge in [0.15, 0.2) is 16.9 Å². The molecule has 0 unspecified atom stereocenters. The molecule has 0 aliphatic carbocycles. The molecule has 4 aromatic rings. The van der Waals surface area contributed by atoms with Gasteiger partial charge >= 0.3 is 0 Å². The smallest absolute Gasteiger partial charge is 0.222 e. The number of benzene rings is 1. The summed E-state index contributed by atoms with van der Waals surface area (Å²) in [4.78, 5) is 8.20. The van der Waals surface area contributed by atoms with Crippen molar-refractivity contribution in [3.8, 4) is 17.2 Å². The van der Waals surface area contributed by atoms with Crippen molar-refractivity contribution in [2.24, 2.45) is 0 Å². The lowest BCUT2D eigenvalue weighted by Gasteiger charge is -2.08. The average Bonchev–Trinajstić information content (AvgIpc) is 3.27. The van der Waals surface area contributed by atoms with Gasteiger partial charge in [-0.05, 0) is 12.1 Å². The van der Waals surface area contributed by atoms with E-state index in [-0.39, 0.29) is 29.5 Å². The van der Waals surface area contributed by atoms with Gasteiger partial charge in [-0.3, -0.25) is 0 Å². The number of fused-ring (bicyclic) bond motifs is 1. The van der Waals surface area contributed by atoms with E-state index in [1.54, 1.807) is 12.1 Å². The molecule has 26 heavy (non-hydrogen) atoms. The third-order valence-electron chi connectivity index (χ3n) is 3.79. The van der Waals surface area contributed by atoms with Crippen LogP contribution in [0.5, 0.6) is 5.75 Å². The van der Waals surface area contributed by atoms with Crippen molar-refractivity contribution in [1.29, 1.82) is 0 Å². The normalized spacial score (nSPS) is 11.2. The molecule has 0 radical (unpaired) electrons. The number of halogens is 2. The zero-order valence-electron chi connectivity index (χ0n) is 13.5. The molecule has 0 bridgehead atoms. The zero-order valence-corrected chi connectivity index (χ0v) is 13.5. The zero-order chi connectivity index (χ0) is 18.3. The summed E-state index contributed by atoms with van der Waals surface area (Å²) < 4.78 is 39.8. The molecule has 1 aromatic carbocycles. The fraction of sp³-hybridized carbons (Fsp3) is 0.125. The van der Waals surface area contributed by atoms with Crippen molar-refractivity contribution in [2.45, 2.75) is 6.54 Å². The highest BCUT2D eigenvalue weighted by molar-refractivity contribution is 5.85. The summed E-state index contributed by atoms with van der Waals surface area (Å²) in [5, 5.41) is 7.94. The van der Waals surface area contributed by atoms with Crippen LogP contribution in [0.3, 0.4) is 0 Å². The number of aromatic nitrogens is 5. The van der Waals surface area contributed by atoms with Crippen LogP contribution in [0.1, 0.15) is 5.56 Å². The molecule has 0 aliphatic rings. The van der Waals surface area contributed by atoms with Gasteiger partial charge in [-0.2, -0.15) is 4.98 Å². The largest absolute Gasteiger partial charge is 0.497 e. The van der Waals surface area contributed by atoms with Gasteiger partial charge in [0.1, 0.15) is 23.1 Å². The van der Waals surface area contributed by atoms with Gasteiger partial charge in [-0.15, -0.1) is 5.10 Å². The first-order chi connectivity index (χ1) is 12.6. The summed E-state index contributed by atoms with van der Waals surface area (Å²) in [7, 11) is 1.33. The number of rotatable bonds is 4. The third-order valence-corrected chi connectivity index (χ3v) is 3.79. The number of hydrogen-bond donors (Lipinski definition) is 1. The standard InChI is InChI=1S/C16H12F2N6O2/c1-25-8-5-10(17)9(11(18)6-8)7-24-15-14(22-23-24)13(20-16(19)21-15)12-3-2-4-26-12/h2-6H,7H2,1H3,(H2,19,20,21). The summed E-state index contributed by atoms with van der Waals surface area (Å²) in [6.45, 7) is -0.230. The molecule has 4 rings (SSSR count). The number of methoxy groups -OCH3 is 1. The van der Waals surface area contributed by atoms with E-state index in [9.17, 15) is 8.78 Å². The molecule has 0 aliphatic heterocycles. The molecule has 3 aromatic heterocycles. The Morgan fingerprint density at radius 2 is 2.00 bits per heavy atom. The maximum absolute atomic E-state index is 14.2. The van der Waals surface area contributed by atoms with E-state index < -0.39 is 11.6 Å². The average molecular weight is 358 g/mol. The molecular formula is C16H12F2N6O2. The van der Waals surface area contributed by atoms with Gasteiger partial charge in [0.2, 0.25) is 5.95 Å². The molecule has 8 nitrogen and oxygen atoms in total. The molecule has 10 heteroatoms. The second-order valence-corrected chi connectivity index (χ2v) is 5.40. The van der Waals surface area contributed by atoms with E-state index >= 15 is 0 Å². The Morgan fingerprint density at radius 1 is 1.23 bits per heavy atom. The van der Waals surface area contributed by atoms with E-state index in [0.717, 1.165) is 12.1 Å². The summed E-state index contributed by atoms with van der Waals surface area (Å²) in [6.07, 6.45) is 1.48. The second kappa shape index (κ2) is 6.06. The van der Waals surface area contributed by atoms with Crippen molar-refractivity contribution in [1.82, 2.24) is 25.0 Å². The summed E-state index contributed by atoms with van der Waals surface area (Å²) in [6, 6.07) is 5.55. The predicted molar refractivity (Wildman–Crippen MR) is 87.2 cm³/mol. The van der Waals surface area contributed by atoms with Crippen LogP contribution in [-0.2, 0) is 6.54 Å². The fourth-order valence-corrected chi connectivity index (χ4v) is 2.56. The Morgan fingerprint density at radius 3 is 2.65 bits per heavy atom. The number of nitrogen functional groups attached to an aromatic ring is 1. The van der Waals surface area contributed by atoms with Crippen LogP contribution in [0.15, 0.2) is 34.9 Å². The highest BCUT2D eigenvalue weighted by Gasteiger charge is 2.19. The van der Waals surface area contributed by atoms with Gasteiger partial charge in [-0.1, -0.05) is 5.21 Å². The van der Waals surface area contributed by atoms with Crippen molar-refractivity contribution >= 4 is 17.1 Å². The van der Waals surface area contributed by atoms with Crippen molar-refractivity contribution in [2.75, 3.05) is 12.8 Å². The van der Waals surface area contributed by atoms with Crippen LogP contribution in [0.25, 0.3) is 22.6 Å². The molecule has 0 amide bonds. The van der Waals surface area contributed by atoms with E-state index in [0.29, 0.717) is 17.0 Å². The van der Waals surface area contributed by atoms with E-state index in [2.05, 4.69) is 20.3 Å². The maximum Gasteiger partial charge on any atom is 0.222 e. The lowest BCUT2D eigenvalue weighted by Crippen LogP contribution is -2.08. The van der Waals surface area contributed by atoms with Crippen LogP contribution in [0.2, 0.25) is 0 Å². The minimum atomic E-state index is -0.765. The Kier molecular flexibility index (Phi) is 3.72. The highest BCUT2D eigenvalue weighted by atomic mass is 19.1. The Hall–Kier alpha value is -3.56. The molecule has 0 spiro atoms. The number of hydrogen-bond acceptors (Lipinski definition) is 7. The lowest BCUT2D eigenvalue weighted by molar-refractivity contribution is 0.404. The second-order valence-electron chi connectivity index (χ2n) is 5.40. The number of ether oxygens (including phenoxy) is 1. The Balaban J connectivity index is 1.82. The summed E-state index contributed by atoms with van der Waals surface area (Å²) in [5.41, 5.74) is 6.44. The molecule has 0 saturated carbocycles. The Bertz CT molecular complexity index is 1070. The van der Waals surface area contributed by atoms with Crippen molar-refractivity contribution in [3.05, 3.63) is 47.7 Å². The van der Waals surface area contributed by atoms with Gasteiger partial charge in [-0.25, -0.2) is 18.4 Å². The van der Waals surface area contributed by atoms with Gasteiger partial charge in [0.25, 0.3) is 0 Å². The molecule has 0 atom stereocenters. The van der Waals surface area contributed by atoms with Crippen molar-refractivity contribution in [3.63, 3.8) is 0 Å². The van der Waals surface area contributed by atoms with E-state index in [1.165, 1.54) is 18.1 Å². The number of anilines is 1. The predicted octanol–water partition coefficient (Wildman–Crippen LogP) is 2.40. The van der Waals surface area contributed by atoms with Gasteiger partial charge in [0.05, 0.1) is 19.9 Å². The highest BCUT2D eigenvalue weighted by Crippen LogP contribution is 2.27. The van der Waals surface area contributed by atoms with Crippen LogP contribution >= 0.6 is 0 Å². The topological polar surface area (TPSA) is 105 Å². The maximum atomic E-state index is 14.2. The third kappa shape index (κ3) is 2.61. The number of furan rings is 1. The van der Waals surface area contributed by atoms with Crippen LogP contribution < -0.4 is 10.5 Å². The van der Waals surface area contributed by atoms with E-state index in [1.807, 2.05) is 0 Å². The summed E-state index contributed by atoms with van der Waals surface area (Å²) in [5.74, 6) is -1.06. The van der Waals surface area contributed by atoms with Crippen LogP contribution in [0, 0.1) is 11.6 Å². The first-order valence-electron chi connectivity index (χ1n) is 7.49. The molecule has 0 fully saturated rings. The minimum absolute atomic E-state index is 0.0388. The van der Waals surface area contributed by atoms with E-state index in [4.69, 9.17) is 14.9 Å². The van der Waals surface area contributed by atoms with Crippen molar-refractivity contribution < 1.29 is 17.9 Å². The van der Waals surface area contributed by atoms with Gasteiger partial charge in [0, 0.05) is 17.7 Å². The molecule has 2 N–H and O–H groups in total. The first kappa shape index (κ1) is 15.9. The fourth-order valence-electron chi connectivity index (χ4n) is 2.56. The Labute approximate surface area is 145 Å². The molecule has 3 heterocycles. The van der Waals surface area contributed by atoms with Crippen LogP contribution in [-0.4, -0.2) is 32.1 Å². The van der Waals surface area contributed by atoms with Crippen LogP contribution in [0.4, 0.5) is 14.7 Å². The number of nitrogens with two attached hydrogens (primary N) is 1.